The Morgan fingerprint density at radius 3 is 2.29 bits per heavy atom. The Balaban J connectivity index is 3.20. The van der Waals surface area contributed by atoms with Crippen LogP contribution in [0.3, 0.4) is 0 Å². The van der Waals surface area contributed by atoms with E-state index in [9.17, 15) is 10.2 Å². The molecule has 0 aliphatic carbocycles. The zero-order valence-electron chi connectivity index (χ0n) is 9.68. The molecule has 1 aromatic carbocycles. The minimum atomic E-state index is -1.11. The van der Waals surface area contributed by atoms with Gasteiger partial charge in [-0.05, 0) is 28.1 Å². The van der Waals surface area contributed by atoms with Gasteiger partial charge in [-0.2, -0.15) is 0 Å². The summed E-state index contributed by atoms with van der Waals surface area (Å²) in [6.07, 6.45) is -2.16. The van der Waals surface area contributed by atoms with E-state index in [2.05, 4.69) is 15.9 Å². The van der Waals surface area contributed by atoms with Crippen LogP contribution in [0.1, 0.15) is 11.7 Å². The fraction of sp³-hybridized carbons (Fsp3) is 0.455. The average molecular weight is 306 g/mol. The molecule has 0 aromatic heterocycles. The molecule has 0 saturated heterocycles. The molecule has 4 N–H and O–H groups in total. The van der Waals surface area contributed by atoms with Crippen molar-refractivity contribution in [3.05, 3.63) is 22.2 Å². The highest BCUT2D eigenvalue weighted by atomic mass is 79.9. The van der Waals surface area contributed by atoms with Gasteiger partial charge in [0.2, 0.25) is 0 Å². The number of ether oxygens (including phenoxy) is 2. The first-order chi connectivity index (χ1) is 8.04. The van der Waals surface area contributed by atoms with E-state index in [1.165, 1.54) is 14.2 Å². The van der Waals surface area contributed by atoms with Gasteiger partial charge in [0.1, 0.15) is 17.6 Å². The molecule has 2 unspecified atom stereocenters. The van der Waals surface area contributed by atoms with Gasteiger partial charge in [0, 0.05) is 12.1 Å². The Bertz CT molecular complexity index is 386. The lowest BCUT2D eigenvalue weighted by atomic mass is 10.0. The van der Waals surface area contributed by atoms with Crippen LogP contribution < -0.4 is 15.2 Å². The van der Waals surface area contributed by atoms with Gasteiger partial charge in [0.15, 0.2) is 0 Å². The fourth-order valence-corrected chi connectivity index (χ4v) is 1.94. The van der Waals surface area contributed by atoms with Crippen molar-refractivity contribution in [1.29, 1.82) is 0 Å². The molecule has 0 fully saturated rings. The fourth-order valence-electron chi connectivity index (χ4n) is 1.45. The maximum Gasteiger partial charge on any atom is 0.133 e. The molecule has 0 aliphatic heterocycles. The third kappa shape index (κ3) is 3.10. The highest BCUT2D eigenvalue weighted by molar-refractivity contribution is 9.10. The van der Waals surface area contributed by atoms with Gasteiger partial charge in [0.25, 0.3) is 0 Å². The van der Waals surface area contributed by atoms with Crippen LogP contribution in [-0.4, -0.2) is 37.1 Å². The van der Waals surface area contributed by atoms with E-state index >= 15 is 0 Å². The summed E-state index contributed by atoms with van der Waals surface area (Å²) in [5, 5.41) is 19.5. The predicted molar refractivity (Wildman–Crippen MR) is 67.3 cm³/mol. The molecule has 96 valence electrons. The third-order valence-corrected chi connectivity index (χ3v) is 3.05. The molecule has 0 heterocycles. The van der Waals surface area contributed by atoms with Crippen molar-refractivity contribution >= 4 is 15.9 Å². The number of methoxy groups -OCH3 is 2. The van der Waals surface area contributed by atoms with Gasteiger partial charge in [-0.3, -0.25) is 0 Å². The summed E-state index contributed by atoms with van der Waals surface area (Å²) in [5.41, 5.74) is 5.75. The molecule has 0 spiro atoms. The van der Waals surface area contributed by atoms with Gasteiger partial charge in [-0.25, -0.2) is 0 Å². The number of nitrogens with two attached hydrogens (primary N) is 1. The second-order valence-corrected chi connectivity index (χ2v) is 4.33. The van der Waals surface area contributed by atoms with E-state index in [4.69, 9.17) is 15.2 Å². The maximum atomic E-state index is 9.93. The zero-order chi connectivity index (χ0) is 13.0. The lowest BCUT2D eigenvalue weighted by molar-refractivity contribution is 0.0228. The highest BCUT2D eigenvalue weighted by Crippen LogP contribution is 2.36. The molecule has 1 aromatic rings. The van der Waals surface area contributed by atoms with Crippen molar-refractivity contribution < 1.29 is 19.7 Å². The van der Waals surface area contributed by atoms with Gasteiger partial charge in [-0.15, -0.1) is 0 Å². The first-order valence-electron chi connectivity index (χ1n) is 5.02. The third-order valence-electron chi connectivity index (χ3n) is 2.43. The number of hydrogen-bond donors (Lipinski definition) is 3. The van der Waals surface area contributed by atoms with Crippen LogP contribution in [0.4, 0.5) is 0 Å². The number of halogens is 1. The molecular weight excluding hydrogens is 290 g/mol. The second kappa shape index (κ2) is 6.20. The monoisotopic (exact) mass is 305 g/mol. The number of benzene rings is 1. The lowest BCUT2D eigenvalue weighted by Crippen LogP contribution is -2.27. The molecular formula is C11H16BrNO4. The van der Waals surface area contributed by atoms with Crippen molar-refractivity contribution in [3.8, 4) is 11.5 Å². The summed E-state index contributed by atoms with van der Waals surface area (Å²) in [4.78, 5) is 0. The zero-order valence-corrected chi connectivity index (χ0v) is 11.3. The minimum Gasteiger partial charge on any atom is -0.496 e. The van der Waals surface area contributed by atoms with Crippen molar-refractivity contribution in [2.24, 2.45) is 5.73 Å². The molecule has 1 rings (SSSR count). The first-order valence-corrected chi connectivity index (χ1v) is 5.82. The Kier molecular flexibility index (Phi) is 5.20. The number of hydrogen-bond acceptors (Lipinski definition) is 5. The lowest BCUT2D eigenvalue weighted by Gasteiger charge is -2.20. The molecule has 0 bridgehead atoms. The van der Waals surface area contributed by atoms with Crippen LogP contribution in [0, 0.1) is 0 Å². The summed E-state index contributed by atoms with van der Waals surface area (Å²) in [6, 6.07) is 3.27. The normalized spacial score (nSPS) is 14.2. The van der Waals surface area contributed by atoms with E-state index in [0.29, 0.717) is 21.5 Å². The summed E-state index contributed by atoms with van der Waals surface area (Å²) < 4.78 is 11.0. The smallest absolute Gasteiger partial charge is 0.133 e. The van der Waals surface area contributed by atoms with E-state index in [1.807, 2.05) is 0 Å². The minimum absolute atomic E-state index is 0.0390. The number of rotatable bonds is 5. The number of aliphatic hydroxyl groups is 2. The standard InChI is InChI=1S/C11H16BrNO4/c1-16-9-4-7(12)10(17-2)3-6(9)11(15)8(14)5-13/h3-4,8,11,14-15H,5,13H2,1-2H3. The maximum absolute atomic E-state index is 9.93. The van der Waals surface area contributed by atoms with E-state index in [1.54, 1.807) is 12.1 Å². The van der Waals surface area contributed by atoms with Crippen LogP contribution in [0.2, 0.25) is 0 Å². The Morgan fingerprint density at radius 2 is 1.82 bits per heavy atom. The van der Waals surface area contributed by atoms with E-state index < -0.39 is 12.2 Å². The second-order valence-electron chi connectivity index (χ2n) is 3.48. The van der Waals surface area contributed by atoms with Crippen molar-refractivity contribution in [1.82, 2.24) is 0 Å². The van der Waals surface area contributed by atoms with Crippen molar-refractivity contribution in [3.63, 3.8) is 0 Å². The molecule has 6 heteroatoms. The number of aliphatic hydroxyl groups excluding tert-OH is 2. The highest BCUT2D eigenvalue weighted by Gasteiger charge is 2.22. The Morgan fingerprint density at radius 1 is 1.24 bits per heavy atom. The van der Waals surface area contributed by atoms with Gasteiger partial charge < -0.3 is 25.4 Å². The first kappa shape index (κ1) is 14.2. The van der Waals surface area contributed by atoms with Gasteiger partial charge >= 0.3 is 0 Å². The summed E-state index contributed by atoms with van der Waals surface area (Å²) >= 11 is 3.31. The van der Waals surface area contributed by atoms with Gasteiger partial charge in [0.05, 0.1) is 24.8 Å². The quantitative estimate of drug-likeness (QED) is 0.750. The molecule has 0 amide bonds. The van der Waals surface area contributed by atoms with Crippen LogP contribution in [0.5, 0.6) is 11.5 Å². The Hall–Kier alpha value is -0.820. The molecule has 5 nitrogen and oxygen atoms in total. The van der Waals surface area contributed by atoms with Crippen LogP contribution >= 0.6 is 15.9 Å². The van der Waals surface area contributed by atoms with E-state index in [-0.39, 0.29) is 6.54 Å². The van der Waals surface area contributed by atoms with Crippen LogP contribution in [0.15, 0.2) is 16.6 Å². The summed E-state index contributed by atoms with van der Waals surface area (Å²) in [6.45, 7) is -0.0390. The molecule has 2 atom stereocenters. The Labute approximate surface area is 108 Å². The van der Waals surface area contributed by atoms with Crippen molar-refractivity contribution in [2.45, 2.75) is 12.2 Å². The predicted octanol–water partition coefficient (Wildman–Crippen LogP) is 0.819. The van der Waals surface area contributed by atoms with Crippen LogP contribution in [0.25, 0.3) is 0 Å². The van der Waals surface area contributed by atoms with Crippen LogP contribution in [-0.2, 0) is 0 Å². The molecule has 17 heavy (non-hydrogen) atoms. The SMILES string of the molecule is COc1cc(C(O)C(O)CN)c(OC)cc1Br. The average Bonchev–Trinajstić information content (AvgIpc) is 2.36. The summed E-state index contributed by atoms with van der Waals surface area (Å²) in [7, 11) is 3.00. The molecule has 0 radical (unpaired) electrons. The van der Waals surface area contributed by atoms with E-state index in [0.717, 1.165) is 0 Å². The van der Waals surface area contributed by atoms with Crippen molar-refractivity contribution in [2.75, 3.05) is 20.8 Å². The topological polar surface area (TPSA) is 84.9 Å². The molecule has 0 saturated carbocycles. The largest absolute Gasteiger partial charge is 0.496 e. The van der Waals surface area contributed by atoms with Gasteiger partial charge in [-0.1, -0.05) is 0 Å². The molecule has 0 aliphatic rings. The summed E-state index contributed by atoms with van der Waals surface area (Å²) in [5.74, 6) is 1.00.